The van der Waals surface area contributed by atoms with Crippen LogP contribution >= 0.6 is 0 Å². The molecule has 0 aromatic carbocycles. The van der Waals surface area contributed by atoms with Crippen LogP contribution in [0.1, 0.15) is 26.2 Å². The zero-order chi connectivity index (χ0) is 5.54. The van der Waals surface area contributed by atoms with Crippen LogP contribution in [-0.2, 0) is 0 Å². The molecule has 0 aromatic heterocycles. The largest absolute Gasteiger partial charge is 0.390 e. The maximum atomic E-state index is 8.15. The molecule has 0 aliphatic heterocycles. The van der Waals surface area contributed by atoms with Gasteiger partial charge in [0, 0.05) is 0 Å². The third kappa shape index (κ3) is 5.96. The first-order chi connectivity index (χ1) is 3.41. The van der Waals surface area contributed by atoms with Crippen molar-refractivity contribution < 1.29 is 5.11 Å². The van der Waals surface area contributed by atoms with E-state index in [2.05, 4.69) is 6.42 Å². The molecule has 0 atom stereocenters. The summed E-state index contributed by atoms with van der Waals surface area (Å²) in [5.41, 5.74) is 0. The van der Waals surface area contributed by atoms with Crippen LogP contribution in [-0.4, -0.2) is 5.11 Å². The standard InChI is InChI=1S/C6H12O/c1-2-3-4-5-6-7/h2,6-7H,3-5H2,1H3. The molecule has 0 spiro atoms. The molecule has 2 radical (unpaired) electrons. The molecule has 1 N–H and O–H groups in total. The molecule has 1 nitrogen and oxygen atoms in total. The Morgan fingerprint density at radius 3 is 2.57 bits per heavy atom. The lowest BCUT2D eigenvalue weighted by molar-refractivity contribution is 0.370. The summed E-state index contributed by atoms with van der Waals surface area (Å²) in [6.45, 7) is 3.24. The summed E-state index contributed by atoms with van der Waals surface area (Å²) in [4.78, 5) is 0. The van der Waals surface area contributed by atoms with Crippen molar-refractivity contribution in [3.63, 3.8) is 0 Å². The number of aliphatic hydroxyl groups excluding tert-OH is 1. The molecule has 0 rings (SSSR count). The highest BCUT2D eigenvalue weighted by atomic mass is 16.2. The minimum absolute atomic E-state index is 0.824. The Bertz CT molecular complexity index is 23.4. The molecule has 0 heterocycles. The van der Waals surface area contributed by atoms with E-state index in [4.69, 9.17) is 5.11 Å². The van der Waals surface area contributed by atoms with E-state index < -0.39 is 0 Å². The molecular weight excluding hydrogens is 88.1 g/mol. The Labute approximate surface area is 45.4 Å². The van der Waals surface area contributed by atoms with Crippen molar-refractivity contribution in [3.8, 4) is 0 Å². The van der Waals surface area contributed by atoms with Crippen LogP contribution in [0.15, 0.2) is 0 Å². The Hall–Kier alpha value is -0.0400. The van der Waals surface area contributed by atoms with E-state index in [0.29, 0.717) is 0 Å². The Kier molecular flexibility index (Phi) is 5.93. The molecule has 0 aliphatic rings. The molecule has 7 heavy (non-hydrogen) atoms. The fourth-order valence-corrected chi connectivity index (χ4v) is 0.413. The molecule has 0 bridgehead atoms. The summed E-state index contributed by atoms with van der Waals surface area (Å²) in [7, 11) is 0. The first-order valence-electron chi connectivity index (χ1n) is 2.65. The monoisotopic (exact) mass is 100 g/mol. The minimum Gasteiger partial charge on any atom is -0.390 e. The van der Waals surface area contributed by atoms with E-state index in [9.17, 15) is 0 Å². The van der Waals surface area contributed by atoms with Crippen molar-refractivity contribution in [1.82, 2.24) is 0 Å². The van der Waals surface area contributed by atoms with Crippen molar-refractivity contribution >= 4 is 0 Å². The van der Waals surface area contributed by atoms with Gasteiger partial charge < -0.3 is 5.11 Å². The van der Waals surface area contributed by atoms with Gasteiger partial charge in [-0.15, -0.1) is 0 Å². The Morgan fingerprint density at radius 2 is 2.14 bits per heavy atom. The molecule has 1 heteroatoms. The third-order valence-electron chi connectivity index (χ3n) is 0.826. The highest BCUT2D eigenvalue weighted by molar-refractivity contribution is 4.57. The van der Waals surface area contributed by atoms with Gasteiger partial charge in [0.2, 0.25) is 0 Å². The number of hydrogen-bond donors (Lipinski definition) is 1. The normalized spacial score (nSPS) is 9.43. The fourth-order valence-electron chi connectivity index (χ4n) is 0.413. The molecule has 0 fully saturated rings. The van der Waals surface area contributed by atoms with Crippen LogP contribution in [0.4, 0.5) is 0 Å². The summed E-state index contributed by atoms with van der Waals surface area (Å²) < 4.78 is 0. The number of rotatable bonds is 4. The second-order valence-corrected chi connectivity index (χ2v) is 1.52. The van der Waals surface area contributed by atoms with Gasteiger partial charge >= 0.3 is 0 Å². The van der Waals surface area contributed by atoms with E-state index in [1.165, 1.54) is 6.61 Å². The van der Waals surface area contributed by atoms with Crippen LogP contribution in [0, 0.1) is 13.0 Å². The van der Waals surface area contributed by atoms with E-state index in [1.54, 1.807) is 0 Å². The molecule has 0 unspecified atom stereocenters. The van der Waals surface area contributed by atoms with Gasteiger partial charge in [-0.05, 0) is 12.8 Å². The van der Waals surface area contributed by atoms with Crippen molar-refractivity contribution in [2.24, 2.45) is 0 Å². The lowest BCUT2D eigenvalue weighted by Crippen LogP contribution is -1.74. The molecule has 0 amide bonds. The first kappa shape index (κ1) is 6.96. The van der Waals surface area contributed by atoms with E-state index in [1.807, 2.05) is 6.92 Å². The second kappa shape index (κ2) is 5.96. The molecule has 0 aromatic rings. The van der Waals surface area contributed by atoms with Crippen molar-refractivity contribution in [2.75, 3.05) is 0 Å². The van der Waals surface area contributed by atoms with Gasteiger partial charge in [0.1, 0.15) is 0 Å². The van der Waals surface area contributed by atoms with Crippen LogP contribution < -0.4 is 0 Å². The van der Waals surface area contributed by atoms with Gasteiger partial charge in [0.25, 0.3) is 0 Å². The maximum Gasteiger partial charge on any atom is 0.0799 e. The Morgan fingerprint density at radius 1 is 1.43 bits per heavy atom. The summed E-state index contributed by atoms with van der Waals surface area (Å²) in [5, 5.41) is 8.15. The second-order valence-electron chi connectivity index (χ2n) is 1.52. The summed E-state index contributed by atoms with van der Waals surface area (Å²) in [6.07, 6.45) is 5.11. The zero-order valence-corrected chi connectivity index (χ0v) is 4.72. The van der Waals surface area contributed by atoms with E-state index >= 15 is 0 Å². The lowest BCUT2D eigenvalue weighted by atomic mass is 10.2. The highest BCUT2D eigenvalue weighted by Gasteiger charge is 1.81. The van der Waals surface area contributed by atoms with Crippen molar-refractivity contribution in [1.29, 1.82) is 0 Å². The maximum absolute atomic E-state index is 8.15. The zero-order valence-electron chi connectivity index (χ0n) is 4.72. The molecule has 42 valence electrons. The van der Waals surface area contributed by atoms with Crippen LogP contribution in [0.2, 0.25) is 0 Å². The minimum atomic E-state index is 0.824. The molecular formula is C6H12O. The van der Waals surface area contributed by atoms with Crippen molar-refractivity contribution in [3.05, 3.63) is 13.0 Å². The van der Waals surface area contributed by atoms with Gasteiger partial charge in [-0.1, -0.05) is 19.8 Å². The van der Waals surface area contributed by atoms with E-state index in [-0.39, 0.29) is 0 Å². The van der Waals surface area contributed by atoms with Gasteiger partial charge in [0.05, 0.1) is 6.61 Å². The third-order valence-corrected chi connectivity index (χ3v) is 0.826. The lowest BCUT2D eigenvalue weighted by Gasteiger charge is -1.89. The summed E-state index contributed by atoms with van der Waals surface area (Å²) in [6, 6.07) is 0. The van der Waals surface area contributed by atoms with Crippen molar-refractivity contribution in [2.45, 2.75) is 26.2 Å². The topological polar surface area (TPSA) is 20.2 Å². The fraction of sp³-hybridized carbons (Fsp3) is 0.667. The van der Waals surface area contributed by atoms with Gasteiger partial charge in [-0.25, -0.2) is 0 Å². The number of hydrogen-bond acceptors (Lipinski definition) is 1. The summed E-state index contributed by atoms with van der Waals surface area (Å²) >= 11 is 0. The average Bonchev–Trinajstić information content (AvgIpc) is 1.69. The van der Waals surface area contributed by atoms with Crippen LogP contribution in [0.3, 0.4) is 0 Å². The van der Waals surface area contributed by atoms with E-state index in [0.717, 1.165) is 19.3 Å². The Balaban J connectivity index is 2.45. The molecule has 0 saturated heterocycles. The highest BCUT2D eigenvalue weighted by Crippen LogP contribution is 1.97. The van der Waals surface area contributed by atoms with Gasteiger partial charge in [0.15, 0.2) is 0 Å². The van der Waals surface area contributed by atoms with Crippen LogP contribution in [0.25, 0.3) is 0 Å². The molecule has 0 saturated carbocycles. The summed E-state index contributed by atoms with van der Waals surface area (Å²) in [5.74, 6) is 0. The first-order valence-corrected chi connectivity index (χ1v) is 2.65. The number of aliphatic hydroxyl groups is 1. The predicted molar refractivity (Wildman–Crippen MR) is 30.1 cm³/mol. The van der Waals surface area contributed by atoms with Gasteiger partial charge in [-0.2, -0.15) is 0 Å². The predicted octanol–water partition coefficient (Wildman–Crippen LogP) is 1.92. The number of unbranched alkanes of at least 4 members (excludes halogenated alkanes) is 3. The quantitative estimate of drug-likeness (QED) is 0.535. The van der Waals surface area contributed by atoms with Crippen LogP contribution in [0.5, 0.6) is 0 Å². The molecule has 0 aliphatic carbocycles. The smallest absolute Gasteiger partial charge is 0.0799 e. The average molecular weight is 100 g/mol. The van der Waals surface area contributed by atoms with Gasteiger partial charge in [-0.3, -0.25) is 0 Å². The SMILES string of the molecule is C[CH]CCC[CH]O.